The van der Waals surface area contributed by atoms with Crippen LogP contribution in [0.2, 0.25) is 0 Å². The molecule has 0 N–H and O–H groups in total. The van der Waals surface area contributed by atoms with Gasteiger partial charge < -0.3 is 9.05 Å². The first-order valence-electron chi connectivity index (χ1n) is 7.86. The molecule has 1 aliphatic rings. The average Bonchev–Trinajstić information content (AvgIpc) is 2.62. The van der Waals surface area contributed by atoms with Gasteiger partial charge in [-0.1, -0.05) is 37.0 Å². The second-order valence-corrected chi connectivity index (χ2v) is 10.2. The maximum atomic E-state index is 15.2. The normalized spacial score (nSPS) is 28.1. The van der Waals surface area contributed by atoms with E-state index in [0.717, 1.165) is 0 Å². The van der Waals surface area contributed by atoms with Crippen LogP contribution in [0.15, 0.2) is 86.3 Å². The van der Waals surface area contributed by atoms with Crippen molar-refractivity contribution in [1.29, 1.82) is 0 Å². The Kier molecular flexibility index (Phi) is 9.79. The van der Waals surface area contributed by atoms with Crippen LogP contribution in [0.1, 0.15) is 20.8 Å². The summed E-state index contributed by atoms with van der Waals surface area (Å²) in [7, 11) is -11.3. The van der Waals surface area contributed by atoms with Crippen LogP contribution in [0.25, 0.3) is 0 Å². The van der Waals surface area contributed by atoms with Crippen molar-refractivity contribution in [3.05, 3.63) is 72.8 Å². The molecule has 0 radical (unpaired) electrons. The molecule has 0 fully saturated rings. The van der Waals surface area contributed by atoms with Gasteiger partial charge in [0.1, 0.15) is 11.5 Å². The average molecular weight is 438 g/mol. The second-order valence-electron chi connectivity index (χ2n) is 4.77. The van der Waals surface area contributed by atoms with Crippen LogP contribution in [0, 0.1) is 0 Å². The van der Waals surface area contributed by atoms with Crippen LogP contribution < -0.4 is 0 Å². The number of nitrogens with zero attached hydrogens (tertiary/aromatic N) is 3. The molecule has 0 saturated carbocycles. The lowest BCUT2D eigenvalue weighted by Crippen LogP contribution is -1.89. The fourth-order valence-corrected chi connectivity index (χ4v) is 7.96. The van der Waals surface area contributed by atoms with Gasteiger partial charge in [0.2, 0.25) is 0 Å². The molecule has 148 valence electrons. The van der Waals surface area contributed by atoms with E-state index in [4.69, 9.17) is 9.05 Å². The molecule has 0 saturated heterocycles. The van der Waals surface area contributed by atoms with E-state index >= 15 is 8.39 Å². The molecule has 11 heteroatoms. The van der Waals surface area contributed by atoms with Crippen molar-refractivity contribution < 1.29 is 21.8 Å². The minimum atomic E-state index is -4.51. The Morgan fingerprint density at radius 2 is 1.74 bits per heavy atom. The van der Waals surface area contributed by atoms with Gasteiger partial charge in [0.15, 0.2) is 0 Å². The topological polar surface area (TPSA) is 55.5 Å². The Hall–Kier alpha value is -1.61. The summed E-state index contributed by atoms with van der Waals surface area (Å²) in [6.07, 6.45) is 12.6. The number of alkyl halides is 1. The fourth-order valence-electron chi connectivity index (χ4n) is 1.65. The van der Waals surface area contributed by atoms with E-state index in [-0.39, 0.29) is 11.5 Å². The van der Waals surface area contributed by atoms with Crippen LogP contribution in [-0.2, 0) is 9.05 Å². The maximum absolute atomic E-state index is 15.2. The maximum Gasteiger partial charge on any atom is 0.478 e. The minimum absolute atomic E-state index is 0.0682. The summed E-state index contributed by atoms with van der Waals surface area (Å²) in [6, 6.07) is 0. The molecular weight excluding hydrogens is 416 g/mol. The van der Waals surface area contributed by atoms with Crippen molar-refractivity contribution in [1.82, 2.24) is 0 Å². The molecule has 0 spiro atoms. The molecule has 0 aromatic rings. The third-order valence-electron chi connectivity index (χ3n) is 2.66. The Balaban J connectivity index is 3.38. The van der Waals surface area contributed by atoms with Crippen molar-refractivity contribution in [2.45, 2.75) is 20.8 Å². The molecule has 1 aliphatic heterocycles. The monoisotopic (exact) mass is 438 g/mol. The predicted octanol–water partition coefficient (Wildman–Crippen LogP) is 9.05. The van der Waals surface area contributed by atoms with Crippen LogP contribution >= 0.6 is 23.3 Å². The van der Waals surface area contributed by atoms with Crippen LogP contribution in [0.3, 0.4) is 0 Å². The highest BCUT2D eigenvalue weighted by atomic mass is 31.3. The standard InChI is InChI=1S/C16H22F3N3O2P3/c1-5-9-12-15(8-4)23-26(18)20-25(14-17)21-27(19,22-26)24-16(11-7-3)13-10-6-2/h5-13H,1,14H2,2-4H3/q+1/b10-6-,11-7-,12-9-,15-8+,16-13+. The number of allylic oxidation sites excluding steroid dienone is 9. The van der Waals surface area contributed by atoms with Crippen molar-refractivity contribution in [3.8, 4) is 0 Å². The van der Waals surface area contributed by atoms with Crippen LogP contribution in [0.5, 0.6) is 0 Å². The zero-order chi connectivity index (χ0) is 20.3. The first-order chi connectivity index (χ1) is 12.8. The summed E-state index contributed by atoms with van der Waals surface area (Å²) in [5.41, 5.74) is 0. The first kappa shape index (κ1) is 23.4. The van der Waals surface area contributed by atoms with Gasteiger partial charge in [-0.15, -0.1) is 12.9 Å². The summed E-state index contributed by atoms with van der Waals surface area (Å²) >= 11 is 0. The number of rotatable bonds is 9. The van der Waals surface area contributed by atoms with E-state index in [1.165, 1.54) is 36.5 Å². The fraction of sp³-hybridized carbons (Fsp3) is 0.250. The highest BCUT2D eigenvalue weighted by Gasteiger charge is 2.43. The highest BCUT2D eigenvalue weighted by Crippen LogP contribution is 2.76. The molecular formula is C16H22F3N3O2P3+. The molecule has 0 aromatic carbocycles. The zero-order valence-electron chi connectivity index (χ0n) is 15.2. The largest absolute Gasteiger partial charge is 0.478 e. The van der Waals surface area contributed by atoms with Gasteiger partial charge in [-0.2, -0.15) is 4.39 Å². The quantitative estimate of drug-likeness (QED) is 0.205. The van der Waals surface area contributed by atoms with Gasteiger partial charge in [0.25, 0.3) is 6.42 Å². The Morgan fingerprint density at radius 1 is 1.04 bits per heavy atom. The van der Waals surface area contributed by atoms with E-state index < -0.39 is 29.8 Å². The summed E-state index contributed by atoms with van der Waals surface area (Å²) < 4.78 is 64.5. The van der Waals surface area contributed by atoms with Gasteiger partial charge in [-0.05, 0) is 45.1 Å². The highest BCUT2D eigenvalue weighted by molar-refractivity contribution is 7.75. The molecule has 5 nitrogen and oxygen atoms in total. The van der Waals surface area contributed by atoms with Crippen LogP contribution in [-0.4, -0.2) is 6.42 Å². The number of halogens is 3. The lowest BCUT2D eigenvalue weighted by atomic mass is 10.4. The SMILES string of the molecule is C=C/C=C\C(=C/C)OP1(F)=NP(F)(OC(/C=C\C)=C/C=C\C)=N[P+](CF)=N1. The van der Waals surface area contributed by atoms with E-state index in [0.29, 0.717) is 0 Å². The number of hydrogen-bond donors (Lipinski definition) is 0. The Morgan fingerprint density at radius 3 is 2.30 bits per heavy atom. The Bertz CT molecular complexity index is 843. The molecule has 0 aliphatic carbocycles. The molecule has 0 aromatic heterocycles. The molecule has 3 unspecified atom stereocenters. The number of hydrogen-bond acceptors (Lipinski definition) is 5. The second kappa shape index (κ2) is 11.3. The van der Waals surface area contributed by atoms with Gasteiger partial charge in [0.05, 0.1) is 0 Å². The first-order valence-corrected chi connectivity index (χ1v) is 12.3. The van der Waals surface area contributed by atoms with E-state index in [1.807, 2.05) is 0 Å². The lowest BCUT2D eigenvalue weighted by molar-refractivity contribution is 0.434. The van der Waals surface area contributed by atoms with E-state index in [9.17, 15) is 4.39 Å². The van der Waals surface area contributed by atoms with Crippen LogP contribution in [0.4, 0.5) is 12.8 Å². The molecule has 27 heavy (non-hydrogen) atoms. The smallest absolute Gasteiger partial charge is 0.417 e. The minimum Gasteiger partial charge on any atom is -0.417 e. The third-order valence-corrected chi connectivity index (χ3v) is 8.95. The van der Waals surface area contributed by atoms with Gasteiger partial charge >= 0.3 is 23.3 Å². The van der Waals surface area contributed by atoms with Gasteiger partial charge in [-0.3, -0.25) is 0 Å². The van der Waals surface area contributed by atoms with Gasteiger partial charge in [0, 0.05) is 9.03 Å². The molecule has 1 heterocycles. The molecule has 0 bridgehead atoms. The van der Waals surface area contributed by atoms with E-state index in [2.05, 4.69) is 20.1 Å². The van der Waals surface area contributed by atoms with Crippen molar-refractivity contribution >= 4 is 23.3 Å². The van der Waals surface area contributed by atoms with Gasteiger partial charge in [-0.25, -0.2) is 0 Å². The lowest BCUT2D eigenvalue weighted by Gasteiger charge is -2.16. The van der Waals surface area contributed by atoms with Crippen molar-refractivity contribution in [2.75, 3.05) is 6.42 Å². The summed E-state index contributed by atoms with van der Waals surface area (Å²) in [5, 5.41) is 0. The molecule has 0 amide bonds. The summed E-state index contributed by atoms with van der Waals surface area (Å²) in [4.78, 5) is 0. The third kappa shape index (κ3) is 7.88. The zero-order valence-corrected chi connectivity index (χ0v) is 17.9. The summed E-state index contributed by atoms with van der Waals surface area (Å²) in [5.74, 6) is 0.151. The van der Waals surface area contributed by atoms with E-state index in [1.54, 1.807) is 39.0 Å². The molecule has 3 atom stereocenters. The predicted molar refractivity (Wildman–Crippen MR) is 109 cm³/mol. The Labute approximate surface area is 159 Å². The summed E-state index contributed by atoms with van der Waals surface area (Å²) in [6.45, 7) is 8.56. The van der Waals surface area contributed by atoms with Crippen molar-refractivity contribution in [2.24, 2.45) is 13.5 Å². The van der Waals surface area contributed by atoms with Crippen molar-refractivity contribution in [3.63, 3.8) is 0 Å². The molecule has 1 rings (SSSR count).